The fraction of sp³-hybridized carbons (Fsp3) is 0.556. The van der Waals surface area contributed by atoms with Crippen molar-refractivity contribution in [3.63, 3.8) is 0 Å². The van der Waals surface area contributed by atoms with Crippen molar-refractivity contribution >= 4 is 22.5 Å². The van der Waals surface area contributed by atoms with Crippen LogP contribution in [0.5, 0.6) is 0 Å². The summed E-state index contributed by atoms with van der Waals surface area (Å²) < 4.78 is 0. The Bertz CT molecular complexity index is 311. The van der Waals surface area contributed by atoms with E-state index in [9.17, 15) is 4.79 Å². The maximum Gasteiger partial charge on any atom is 0.323 e. The number of aromatic nitrogens is 1. The van der Waals surface area contributed by atoms with E-state index in [0.29, 0.717) is 6.54 Å². The van der Waals surface area contributed by atoms with Gasteiger partial charge in [0.1, 0.15) is 0 Å². The number of carbonyl (C=O) groups excluding carboxylic acids is 1. The molecule has 78 valence electrons. The molecule has 0 atom stereocenters. The van der Waals surface area contributed by atoms with Crippen molar-refractivity contribution in [3.8, 4) is 0 Å². The number of anilines is 1. The van der Waals surface area contributed by atoms with Crippen LogP contribution in [-0.4, -0.2) is 24.6 Å². The van der Waals surface area contributed by atoms with E-state index in [1.165, 1.54) is 16.2 Å². The van der Waals surface area contributed by atoms with Crippen LogP contribution >= 0.6 is 11.3 Å². The number of hydrogen-bond donors (Lipinski definition) is 1. The van der Waals surface area contributed by atoms with Gasteiger partial charge in [-0.05, 0) is 13.3 Å². The molecular weight excluding hydrogens is 198 g/mol. The van der Waals surface area contributed by atoms with Gasteiger partial charge in [-0.2, -0.15) is 0 Å². The molecule has 2 amide bonds. The summed E-state index contributed by atoms with van der Waals surface area (Å²) >= 11 is 1.47. The lowest BCUT2D eigenvalue weighted by Gasteiger charge is -2.14. The Morgan fingerprint density at radius 1 is 1.71 bits per heavy atom. The lowest BCUT2D eigenvalue weighted by atomic mass is 10.5. The summed E-state index contributed by atoms with van der Waals surface area (Å²) in [6.07, 6.45) is 0.941. The summed E-state index contributed by atoms with van der Waals surface area (Å²) in [6.45, 7) is 4.64. The molecule has 0 aliphatic carbocycles. The zero-order valence-electron chi connectivity index (χ0n) is 8.70. The van der Waals surface area contributed by atoms with E-state index in [4.69, 9.17) is 0 Å². The number of aryl methyl sites for hydroxylation is 1. The molecule has 0 aliphatic rings. The van der Waals surface area contributed by atoms with Crippen molar-refractivity contribution in [3.05, 3.63) is 11.1 Å². The Morgan fingerprint density at radius 2 is 2.43 bits per heavy atom. The minimum atomic E-state index is -0.0961. The number of nitrogens with zero attached hydrogens (tertiary/aromatic N) is 2. The van der Waals surface area contributed by atoms with Crippen molar-refractivity contribution in [2.24, 2.45) is 0 Å². The molecular formula is C9H15N3OS. The number of carbonyl (C=O) groups is 1. The number of amides is 2. The Morgan fingerprint density at radius 3 is 2.93 bits per heavy atom. The minimum absolute atomic E-state index is 0.0961. The fourth-order valence-corrected chi connectivity index (χ4v) is 1.70. The molecule has 1 aromatic rings. The average Bonchev–Trinajstić information content (AvgIpc) is 2.60. The van der Waals surface area contributed by atoms with E-state index >= 15 is 0 Å². The highest BCUT2D eigenvalue weighted by molar-refractivity contribution is 7.14. The lowest BCUT2D eigenvalue weighted by Crippen LogP contribution is -2.37. The molecule has 0 saturated heterocycles. The zero-order chi connectivity index (χ0) is 10.6. The summed E-state index contributed by atoms with van der Waals surface area (Å²) in [5, 5.41) is 5.46. The van der Waals surface area contributed by atoms with Gasteiger partial charge in [0.2, 0.25) is 0 Å². The van der Waals surface area contributed by atoms with Crippen molar-refractivity contribution in [1.29, 1.82) is 0 Å². The van der Waals surface area contributed by atoms with Crippen LogP contribution in [-0.2, 0) is 0 Å². The molecule has 0 saturated carbocycles. The number of thiazole rings is 1. The van der Waals surface area contributed by atoms with E-state index in [2.05, 4.69) is 10.3 Å². The molecule has 14 heavy (non-hydrogen) atoms. The maximum absolute atomic E-state index is 11.5. The van der Waals surface area contributed by atoms with Gasteiger partial charge in [0, 0.05) is 19.0 Å². The molecule has 4 nitrogen and oxygen atoms in total. The van der Waals surface area contributed by atoms with Crippen LogP contribution in [0.3, 0.4) is 0 Å². The lowest BCUT2D eigenvalue weighted by molar-refractivity contribution is 0.247. The van der Waals surface area contributed by atoms with Crippen LogP contribution in [0.15, 0.2) is 5.38 Å². The minimum Gasteiger partial charge on any atom is -0.338 e. The van der Waals surface area contributed by atoms with Crippen LogP contribution in [0.2, 0.25) is 0 Å². The monoisotopic (exact) mass is 213 g/mol. The van der Waals surface area contributed by atoms with E-state index < -0.39 is 0 Å². The highest BCUT2D eigenvalue weighted by atomic mass is 32.1. The first-order valence-electron chi connectivity index (χ1n) is 4.58. The highest BCUT2D eigenvalue weighted by Crippen LogP contribution is 2.18. The molecule has 0 aromatic carbocycles. The molecule has 0 unspecified atom stereocenters. The Kier molecular flexibility index (Phi) is 3.88. The van der Waals surface area contributed by atoms with Gasteiger partial charge in [-0.3, -0.25) is 4.90 Å². The Hall–Kier alpha value is -1.10. The van der Waals surface area contributed by atoms with Crippen LogP contribution in [0.25, 0.3) is 0 Å². The summed E-state index contributed by atoms with van der Waals surface area (Å²) in [5.41, 5.74) is 0.945. The second-order valence-corrected chi connectivity index (χ2v) is 3.90. The van der Waals surface area contributed by atoms with Gasteiger partial charge in [-0.15, -0.1) is 11.3 Å². The molecule has 5 heteroatoms. The second-order valence-electron chi connectivity index (χ2n) is 3.06. The maximum atomic E-state index is 11.5. The predicted octanol–water partition coefficient (Wildman–Crippen LogP) is 2.01. The molecule has 1 N–H and O–H groups in total. The molecule has 1 aromatic heterocycles. The first kappa shape index (κ1) is 11.0. The van der Waals surface area contributed by atoms with Gasteiger partial charge < -0.3 is 5.32 Å². The third kappa shape index (κ3) is 2.70. The Labute approximate surface area is 88.0 Å². The number of nitrogens with one attached hydrogen (secondary N) is 1. The van der Waals surface area contributed by atoms with Gasteiger partial charge in [0.25, 0.3) is 0 Å². The van der Waals surface area contributed by atoms with Gasteiger partial charge in [-0.1, -0.05) is 6.92 Å². The third-order valence-corrected chi connectivity index (χ3v) is 2.76. The molecule has 0 radical (unpaired) electrons. The average molecular weight is 213 g/mol. The van der Waals surface area contributed by atoms with Crippen molar-refractivity contribution in [2.75, 3.05) is 18.5 Å². The van der Waals surface area contributed by atoms with E-state index in [1.54, 1.807) is 7.05 Å². The molecule has 0 fully saturated rings. The standard InChI is InChI=1S/C9H15N3OS/c1-4-5-10-8(13)12(3)9-11-7(2)6-14-9/h6H,4-5H2,1-3H3,(H,10,13). The molecule has 0 aliphatic heterocycles. The van der Waals surface area contributed by atoms with Gasteiger partial charge in [-0.25, -0.2) is 9.78 Å². The molecule has 0 spiro atoms. The zero-order valence-corrected chi connectivity index (χ0v) is 9.52. The largest absolute Gasteiger partial charge is 0.338 e. The second kappa shape index (κ2) is 4.95. The first-order chi connectivity index (χ1) is 6.65. The van der Waals surface area contributed by atoms with Crippen molar-refractivity contribution < 1.29 is 4.79 Å². The number of rotatable bonds is 3. The fourth-order valence-electron chi connectivity index (χ4n) is 0.933. The first-order valence-corrected chi connectivity index (χ1v) is 5.46. The molecule has 1 rings (SSSR count). The molecule has 0 bridgehead atoms. The summed E-state index contributed by atoms with van der Waals surface area (Å²) in [5.74, 6) is 0. The number of urea groups is 1. The quantitative estimate of drug-likeness (QED) is 0.834. The van der Waals surface area contributed by atoms with Crippen LogP contribution < -0.4 is 10.2 Å². The highest BCUT2D eigenvalue weighted by Gasteiger charge is 2.12. The van der Waals surface area contributed by atoms with E-state index in [1.807, 2.05) is 19.2 Å². The SMILES string of the molecule is CCCNC(=O)N(C)c1nc(C)cs1. The van der Waals surface area contributed by atoms with Crippen LogP contribution in [0.1, 0.15) is 19.0 Å². The summed E-state index contributed by atoms with van der Waals surface area (Å²) in [7, 11) is 1.73. The Balaban J connectivity index is 2.56. The normalized spacial score (nSPS) is 9.93. The smallest absolute Gasteiger partial charge is 0.323 e. The molecule has 1 heterocycles. The van der Waals surface area contributed by atoms with Crippen LogP contribution in [0.4, 0.5) is 9.93 Å². The van der Waals surface area contributed by atoms with Gasteiger partial charge in [0.15, 0.2) is 5.13 Å². The van der Waals surface area contributed by atoms with Crippen molar-refractivity contribution in [2.45, 2.75) is 20.3 Å². The third-order valence-electron chi connectivity index (χ3n) is 1.72. The van der Waals surface area contributed by atoms with Crippen molar-refractivity contribution in [1.82, 2.24) is 10.3 Å². The van der Waals surface area contributed by atoms with Gasteiger partial charge in [0.05, 0.1) is 5.69 Å². The van der Waals surface area contributed by atoms with Crippen LogP contribution in [0, 0.1) is 6.92 Å². The van der Waals surface area contributed by atoms with E-state index in [0.717, 1.165) is 17.2 Å². The summed E-state index contributed by atoms with van der Waals surface area (Å²) in [4.78, 5) is 17.3. The topological polar surface area (TPSA) is 45.2 Å². The summed E-state index contributed by atoms with van der Waals surface area (Å²) in [6, 6.07) is -0.0961. The number of hydrogen-bond acceptors (Lipinski definition) is 3. The predicted molar refractivity (Wildman–Crippen MR) is 58.9 cm³/mol. The van der Waals surface area contributed by atoms with Gasteiger partial charge >= 0.3 is 6.03 Å². The van der Waals surface area contributed by atoms with E-state index in [-0.39, 0.29) is 6.03 Å².